The Labute approximate surface area is 204 Å². The first-order chi connectivity index (χ1) is 14.1. The largest absolute Gasteiger partial charge is 0.356 e. The molecule has 174 valence electrons. The summed E-state index contributed by atoms with van der Waals surface area (Å²) < 4.78 is 2.27. The van der Waals surface area contributed by atoms with Gasteiger partial charge in [-0.3, -0.25) is 4.99 Å². The second-order valence-corrected chi connectivity index (χ2v) is 9.02. The second-order valence-electron chi connectivity index (χ2n) is 8.25. The highest BCUT2D eigenvalue weighted by atomic mass is 127. The smallest absolute Gasteiger partial charge is 0.190 e. The predicted octanol–water partition coefficient (Wildman–Crippen LogP) is 3.64. The van der Waals surface area contributed by atoms with Gasteiger partial charge >= 0.3 is 0 Å². The van der Waals surface area contributed by atoms with Gasteiger partial charge in [-0.05, 0) is 57.5 Å². The van der Waals surface area contributed by atoms with Crippen LogP contribution in [0.25, 0.3) is 0 Å². The molecule has 0 radical (unpaired) electrons. The molecule has 0 aliphatic carbocycles. The quantitative estimate of drug-likeness (QED) is 0.144. The van der Waals surface area contributed by atoms with Gasteiger partial charge in [0.1, 0.15) is 5.82 Å². The van der Waals surface area contributed by atoms with Gasteiger partial charge in [0, 0.05) is 33.1 Å². The van der Waals surface area contributed by atoms with E-state index in [0.717, 1.165) is 55.8 Å². The molecular formula is C21H42IN7S. The summed E-state index contributed by atoms with van der Waals surface area (Å²) in [6.07, 6.45) is 10.7. The minimum atomic E-state index is 0. The van der Waals surface area contributed by atoms with E-state index in [-0.39, 0.29) is 24.0 Å². The minimum absolute atomic E-state index is 0. The van der Waals surface area contributed by atoms with Gasteiger partial charge in [0.25, 0.3) is 0 Å². The molecule has 2 heterocycles. The van der Waals surface area contributed by atoms with Crippen molar-refractivity contribution in [3.63, 3.8) is 0 Å². The zero-order chi connectivity index (χ0) is 20.9. The van der Waals surface area contributed by atoms with Gasteiger partial charge in [0.05, 0.1) is 0 Å². The number of hydrogen-bond acceptors (Lipinski definition) is 5. The Hall–Kier alpha value is -0.550. The molecule has 1 aliphatic heterocycles. The van der Waals surface area contributed by atoms with Crippen LogP contribution in [0.15, 0.2) is 10.1 Å². The lowest BCUT2D eigenvalue weighted by atomic mass is 10.2. The zero-order valence-corrected chi connectivity index (χ0v) is 22.5. The molecule has 1 fully saturated rings. The van der Waals surface area contributed by atoms with Crippen molar-refractivity contribution in [3.05, 3.63) is 5.82 Å². The van der Waals surface area contributed by atoms with Crippen molar-refractivity contribution < 1.29 is 0 Å². The lowest BCUT2D eigenvalue weighted by Gasteiger charge is -2.20. The highest BCUT2D eigenvalue weighted by molar-refractivity contribution is 14.0. The molecule has 1 aromatic heterocycles. The lowest BCUT2D eigenvalue weighted by Crippen LogP contribution is -2.39. The van der Waals surface area contributed by atoms with Crippen molar-refractivity contribution in [1.29, 1.82) is 0 Å². The highest BCUT2D eigenvalue weighted by Gasteiger charge is 2.12. The summed E-state index contributed by atoms with van der Waals surface area (Å²) in [7, 11) is 1.84. The maximum atomic E-state index is 4.40. The Bertz CT molecular complexity index is 598. The fourth-order valence-corrected chi connectivity index (χ4v) is 4.27. The van der Waals surface area contributed by atoms with Crippen LogP contribution in [0.2, 0.25) is 0 Å². The van der Waals surface area contributed by atoms with E-state index >= 15 is 0 Å². The van der Waals surface area contributed by atoms with E-state index in [1.807, 2.05) is 7.05 Å². The van der Waals surface area contributed by atoms with Crippen LogP contribution < -0.4 is 10.6 Å². The molecule has 7 nitrogen and oxygen atoms in total. The minimum Gasteiger partial charge on any atom is -0.356 e. The molecular weight excluding hydrogens is 509 g/mol. The molecule has 0 spiro atoms. The topological polar surface area (TPSA) is 70.4 Å². The van der Waals surface area contributed by atoms with E-state index in [2.05, 4.69) is 55.4 Å². The van der Waals surface area contributed by atoms with Crippen LogP contribution in [0, 0.1) is 5.92 Å². The van der Waals surface area contributed by atoms with Crippen molar-refractivity contribution in [2.75, 3.05) is 46.0 Å². The maximum absolute atomic E-state index is 4.40. The number of rotatable bonds is 11. The molecule has 30 heavy (non-hydrogen) atoms. The number of aryl methyl sites for hydroxylation is 1. The Balaban J connectivity index is 0.00000450. The van der Waals surface area contributed by atoms with Crippen LogP contribution in [0.4, 0.5) is 0 Å². The Kier molecular flexibility index (Phi) is 14.8. The number of guanidine groups is 1. The SMILES string of the molecule is CN=C(NCCCc1nnc(SC)n1CC(C)C)NCCCN1CCCCCC1.I. The van der Waals surface area contributed by atoms with E-state index < -0.39 is 0 Å². The molecule has 1 saturated heterocycles. The predicted molar refractivity (Wildman–Crippen MR) is 139 cm³/mol. The van der Waals surface area contributed by atoms with Gasteiger partial charge in [0.15, 0.2) is 11.1 Å². The van der Waals surface area contributed by atoms with Crippen LogP contribution in [-0.2, 0) is 13.0 Å². The first-order valence-corrected chi connectivity index (χ1v) is 12.5. The Morgan fingerprint density at radius 3 is 2.33 bits per heavy atom. The Morgan fingerprint density at radius 2 is 1.73 bits per heavy atom. The summed E-state index contributed by atoms with van der Waals surface area (Å²) in [5.74, 6) is 2.57. The van der Waals surface area contributed by atoms with E-state index in [1.165, 1.54) is 45.3 Å². The summed E-state index contributed by atoms with van der Waals surface area (Å²) in [6, 6.07) is 0. The molecule has 0 saturated carbocycles. The summed E-state index contributed by atoms with van der Waals surface area (Å²) >= 11 is 1.67. The van der Waals surface area contributed by atoms with Crippen molar-refractivity contribution in [3.8, 4) is 0 Å². The highest BCUT2D eigenvalue weighted by Crippen LogP contribution is 2.16. The van der Waals surface area contributed by atoms with Gasteiger partial charge in [-0.15, -0.1) is 34.2 Å². The molecule has 0 aromatic carbocycles. The molecule has 9 heteroatoms. The average Bonchev–Trinajstić information content (AvgIpc) is 2.90. The lowest BCUT2D eigenvalue weighted by molar-refractivity contribution is 0.282. The first-order valence-electron chi connectivity index (χ1n) is 11.3. The number of halogens is 1. The number of likely N-dealkylation sites (tertiary alicyclic amines) is 1. The third-order valence-corrected chi connectivity index (χ3v) is 5.93. The first kappa shape index (κ1) is 27.5. The molecule has 1 aliphatic rings. The third-order valence-electron chi connectivity index (χ3n) is 5.26. The van der Waals surface area contributed by atoms with Gasteiger partial charge < -0.3 is 20.1 Å². The van der Waals surface area contributed by atoms with E-state index in [4.69, 9.17) is 0 Å². The van der Waals surface area contributed by atoms with Gasteiger partial charge in [-0.25, -0.2) is 0 Å². The molecule has 0 bridgehead atoms. The number of aromatic nitrogens is 3. The van der Waals surface area contributed by atoms with Crippen molar-refractivity contribution in [2.45, 2.75) is 70.5 Å². The standard InChI is InChI=1S/C21H41N7S.HI/c1-18(2)17-28-19(25-26-21(28)29-4)11-9-12-23-20(22-3)24-13-10-16-27-14-7-5-6-8-15-27;/h18H,5-17H2,1-4H3,(H2,22,23,24);1H. The number of thioether (sulfide) groups is 1. The fraction of sp³-hybridized carbons (Fsp3) is 0.857. The van der Waals surface area contributed by atoms with Gasteiger partial charge in [-0.2, -0.15) is 0 Å². The average molecular weight is 552 g/mol. The van der Waals surface area contributed by atoms with Gasteiger partial charge in [0.2, 0.25) is 0 Å². The van der Waals surface area contributed by atoms with Crippen LogP contribution in [0.5, 0.6) is 0 Å². The molecule has 0 atom stereocenters. The summed E-state index contributed by atoms with van der Waals surface area (Å²) in [5.41, 5.74) is 0. The number of nitrogens with one attached hydrogen (secondary N) is 2. The fourth-order valence-electron chi connectivity index (χ4n) is 3.75. The molecule has 0 amide bonds. The summed E-state index contributed by atoms with van der Waals surface area (Å²) in [6.45, 7) is 11.0. The number of aliphatic imine (C=N–C) groups is 1. The zero-order valence-electron chi connectivity index (χ0n) is 19.3. The van der Waals surface area contributed by atoms with Crippen molar-refractivity contribution >= 4 is 41.7 Å². The van der Waals surface area contributed by atoms with Gasteiger partial charge in [-0.1, -0.05) is 38.5 Å². The third kappa shape index (κ3) is 10.2. The van der Waals surface area contributed by atoms with E-state index in [0.29, 0.717) is 5.92 Å². The van der Waals surface area contributed by atoms with E-state index in [1.54, 1.807) is 11.8 Å². The molecule has 2 rings (SSSR count). The van der Waals surface area contributed by atoms with Crippen LogP contribution >= 0.6 is 35.7 Å². The van der Waals surface area contributed by atoms with Crippen molar-refractivity contribution in [2.24, 2.45) is 10.9 Å². The monoisotopic (exact) mass is 551 g/mol. The molecule has 1 aromatic rings. The summed E-state index contributed by atoms with van der Waals surface area (Å²) in [4.78, 5) is 6.96. The second kappa shape index (κ2) is 16.1. The Morgan fingerprint density at radius 1 is 1.07 bits per heavy atom. The van der Waals surface area contributed by atoms with Crippen LogP contribution in [0.3, 0.4) is 0 Å². The number of nitrogens with zero attached hydrogens (tertiary/aromatic N) is 5. The number of hydrogen-bond donors (Lipinski definition) is 2. The van der Waals surface area contributed by atoms with Crippen LogP contribution in [0.1, 0.15) is 58.2 Å². The van der Waals surface area contributed by atoms with Crippen molar-refractivity contribution in [1.82, 2.24) is 30.3 Å². The maximum Gasteiger partial charge on any atom is 0.190 e. The van der Waals surface area contributed by atoms with E-state index in [9.17, 15) is 0 Å². The summed E-state index contributed by atoms with van der Waals surface area (Å²) in [5, 5.41) is 16.6. The normalized spacial score (nSPS) is 15.7. The van der Waals surface area contributed by atoms with Crippen LogP contribution in [-0.4, -0.2) is 71.7 Å². The molecule has 0 unspecified atom stereocenters. The molecule has 2 N–H and O–H groups in total.